The Labute approximate surface area is 175 Å². The summed E-state index contributed by atoms with van der Waals surface area (Å²) >= 11 is 0. The van der Waals surface area contributed by atoms with Gasteiger partial charge in [0.1, 0.15) is 0 Å². The van der Waals surface area contributed by atoms with E-state index in [1.54, 1.807) is 31.4 Å². The molecule has 1 aromatic carbocycles. The maximum Gasteiger partial charge on any atom is 0.269 e. The number of anilines is 1. The van der Waals surface area contributed by atoms with E-state index in [2.05, 4.69) is 20.6 Å². The smallest absolute Gasteiger partial charge is 0.269 e. The zero-order chi connectivity index (χ0) is 21.3. The molecule has 0 bridgehead atoms. The molecular weight excluding hydrogens is 387 g/mol. The lowest BCUT2D eigenvalue weighted by Crippen LogP contribution is -2.45. The molecule has 3 rings (SSSR count). The Morgan fingerprint density at radius 2 is 2.13 bits per heavy atom. The van der Waals surface area contributed by atoms with Crippen LogP contribution in [-0.4, -0.2) is 48.6 Å². The summed E-state index contributed by atoms with van der Waals surface area (Å²) < 4.78 is 13.9. The molecule has 2 heterocycles. The van der Waals surface area contributed by atoms with Gasteiger partial charge in [0.15, 0.2) is 17.6 Å². The number of nitro benzene ring substituents is 1. The first-order valence-corrected chi connectivity index (χ1v) is 10.1. The number of hydrogen-bond acceptors (Lipinski definition) is 5. The Morgan fingerprint density at radius 1 is 1.33 bits per heavy atom. The number of hydrogen-bond donors (Lipinski definition) is 2. The standard InChI is InChI=1S/C21H27FN6O2/c1-23-21(25-12-3-2-5-16-7-9-18(10-8-16)28(29)30)26-17-11-14-27(15-17)20-19(22)6-4-13-24-20/h4,6-10,13,17H,2-3,5,11-12,14-15H2,1H3,(H2,23,25,26). The van der Waals surface area contributed by atoms with Gasteiger partial charge in [0.25, 0.3) is 5.69 Å². The van der Waals surface area contributed by atoms with Crippen LogP contribution in [0.4, 0.5) is 15.9 Å². The number of aromatic nitrogens is 1. The Balaban J connectivity index is 1.36. The number of unbranched alkanes of at least 4 members (excludes halogenated alkanes) is 1. The summed E-state index contributed by atoms with van der Waals surface area (Å²) in [5.41, 5.74) is 1.21. The topological polar surface area (TPSA) is 95.7 Å². The van der Waals surface area contributed by atoms with E-state index in [-0.39, 0.29) is 22.5 Å². The number of aryl methyl sites for hydroxylation is 1. The van der Waals surface area contributed by atoms with Crippen LogP contribution in [0.5, 0.6) is 0 Å². The lowest BCUT2D eigenvalue weighted by atomic mass is 10.1. The fraction of sp³-hybridized carbons (Fsp3) is 0.429. The van der Waals surface area contributed by atoms with Crippen LogP contribution in [0.15, 0.2) is 47.6 Å². The number of non-ortho nitro benzene ring substituents is 1. The first-order valence-electron chi connectivity index (χ1n) is 10.1. The Kier molecular flexibility index (Phi) is 7.53. The molecule has 1 saturated heterocycles. The lowest BCUT2D eigenvalue weighted by Gasteiger charge is -2.20. The van der Waals surface area contributed by atoms with Crippen LogP contribution in [0.1, 0.15) is 24.8 Å². The van der Waals surface area contributed by atoms with Crippen molar-refractivity contribution in [3.63, 3.8) is 0 Å². The molecule has 160 valence electrons. The number of nitro groups is 1. The van der Waals surface area contributed by atoms with Crippen molar-refractivity contribution < 1.29 is 9.31 Å². The van der Waals surface area contributed by atoms with E-state index in [4.69, 9.17) is 0 Å². The number of rotatable bonds is 8. The summed E-state index contributed by atoms with van der Waals surface area (Å²) in [6, 6.07) is 9.91. The Morgan fingerprint density at radius 3 is 2.83 bits per heavy atom. The van der Waals surface area contributed by atoms with Crippen molar-refractivity contribution in [3.05, 3.63) is 64.1 Å². The van der Waals surface area contributed by atoms with Gasteiger partial charge in [-0.15, -0.1) is 0 Å². The molecule has 8 nitrogen and oxygen atoms in total. The van der Waals surface area contributed by atoms with Gasteiger partial charge in [0.2, 0.25) is 0 Å². The molecule has 30 heavy (non-hydrogen) atoms. The van der Waals surface area contributed by atoms with Gasteiger partial charge in [-0.3, -0.25) is 15.1 Å². The van der Waals surface area contributed by atoms with E-state index in [9.17, 15) is 14.5 Å². The minimum Gasteiger partial charge on any atom is -0.356 e. The molecule has 0 saturated carbocycles. The van der Waals surface area contributed by atoms with E-state index in [1.165, 1.54) is 6.07 Å². The van der Waals surface area contributed by atoms with Gasteiger partial charge in [-0.1, -0.05) is 12.1 Å². The highest BCUT2D eigenvalue weighted by Gasteiger charge is 2.25. The number of benzene rings is 1. The monoisotopic (exact) mass is 414 g/mol. The van der Waals surface area contributed by atoms with Gasteiger partial charge in [-0.05, 0) is 43.4 Å². The van der Waals surface area contributed by atoms with E-state index in [0.29, 0.717) is 12.4 Å². The largest absolute Gasteiger partial charge is 0.356 e. The quantitative estimate of drug-likeness (QED) is 0.227. The number of aliphatic imine (C=N–C) groups is 1. The zero-order valence-electron chi connectivity index (χ0n) is 17.1. The molecule has 2 aromatic rings. The number of pyridine rings is 1. The SMILES string of the molecule is CN=C(NCCCCc1ccc([N+](=O)[O-])cc1)NC1CCN(c2ncccc2F)C1. The molecule has 2 N–H and O–H groups in total. The van der Waals surface area contributed by atoms with Gasteiger partial charge >= 0.3 is 0 Å². The van der Waals surface area contributed by atoms with E-state index < -0.39 is 0 Å². The fourth-order valence-electron chi connectivity index (χ4n) is 3.51. The van der Waals surface area contributed by atoms with Gasteiger partial charge in [-0.2, -0.15) is 0 Å². The third kappa shape index (κ3) is 5.88. The first kappa shape index (κ1) is 21.5. The van der Waals surface area contributed by atoms with Crippen molar-refractivity contribution in [2.24, 2.45) is 4.99 Å². The number of nitrogens with one attached hydrogen (secondary N) is 2. The van der Waals surface area contributed by atoms with Gasteiger partial charge in [0.05, 0.1) is 4.92 Å². The third-order valence-electron chi connectivity index (χ3n) is 5.12. The van der Waals surface area contributed by atoms with E-state index in [0.717, 1.165) is 50.3 Å². The van der Waals surface area contributed by atoms with Crippen LogP contribution in [0.25, 0.3) is 0 Å². The molecular formula is C21H27FN6O2. The van der Waals surface area contributed by atoms with Crippen molar-refractivity contribution in [1.29, 1.82) is 0 Å². The van der Waals surface area contributed by atoms with Crippen LogP contribution in [-0.2, 0) is 6.42 Å². The Hall–Kier alpha value is -3.23. The summed E-state index contributed by atoms with van der Waals surface area (Å²) in [6.45, 7) is 2.20. The van der Waals surface area contributed by atoms with Gasteiger partial charge in [0, 0.05) is 51.1 Å². The number of guanidine groups is 1. The molecule has 0 spiro atoms. The highest BCUT2D eigenvalue weighted by atomic mass is 19.1. The fourth-order valence-corrected chi connectivity index (χ4v) is 3.51. The average Bonchev–Trinajstić information content (AvgIpc) is 3.21. The highest BCUT2D eigenvalue weighted by Crippen LogP contribution is 2.20. The Bertz CT molecular complexity index is 874. The van der Waals surface area contributed by atoms with Crippen LogP contribution < -0.4 is 15.5 Å². The molecule has 1 unspecified atom stereocenters. The maximum atomic E-state index is 13.9. The molecule has 1 aliphatic rings. The van der Waals surface area contributed by atoms with Crippen molar-refractivity contribution in [2.45, 2.75) is 31.7 Å². The average molecular weight is 414 g/mol. The van der Waals surface area contributed by atoms with Gasteiger partial charge < -0.3 is 15.5 Å². The summed E-state index contributed by atoms with van der Waals surface area (Å²) in [6.07, 6.45) is 5.29. The van der Waals surface area contributed by atoms with E-state index in [1.807, 2.05) is 17.0 Å². The van der Waals surface area contributed by atoms with Crippen molar-refractivity contribution in [1.82, 2.24) is 15.6 Å². The van der Waals surface area contributed by atoms with E-state index >= 15 is 0 Å². The summed E-state index contributed by atoms with van der Waals surface area (Å²) in [7, 11) is 1.73. The normalized spacial score (nSPS) is 16.5. The molecule has 0 amide bonds. The van der Waals surface area contributed by atoms with Crippen LogP contribution in [0, 0.1) is 15.9 Å². The molecule has 1 fully saturated rings. The number of nitrogens with zero attached hydrogens (tertiary/aromatic N) is 4. The second-order valence-electron chi connectivity index (χ2n) is 7.26. The minimum absolute atomic E-state index is 0.117. The molecule has 1 atom stereocenters. The zero-order valence-corrected chi connectivity index (χ0v) is 17.1. The van der Waals surface area contributed by atoms with Crippen molar-refractivity contribution in [2.75, 3.05) is 31.6 Å². The van der Waals surface area contributed by atoms with Crippen LogP contribution in [0.3, 0.4) is 0 Å². The molecule has 0 radical (unpaired) electrons. The van der Waals surface area contributed by atoms with Crippen LogP contribution >= 0.6 is 0 Å². The predicted molar refractivity (Wildman–Crippen MR) is 115 cm³/mol. The van der Waals surface area contributed by atoms with Crippen molar-refractivity contribution >= 4 is 17.5 Å². The maximum absolute atomic E-state index is 13.9. The first-order chi connectivity index (χ1) is 14.6. The minimum atomic E-state index is -0.386. The number of halogens is 1. The third-order valence-corrected chi connectivity index (χ3v) is 5.12. The van der Waals surface area contributed by atoms with Crippen LogP contribution in [0.2, 0.25) is 0 Å². The summed E-state index contributed by atoms with van der Waals surface area (Å²) in [5.74, 6) is 0.836. The second kappa shape index (κ2) is 10.5. The predicted octanol–water partition coefficient (Wildman–Crippen LogP) is 2.90. The molecule has 9 heteroatoms. The molecule has 1 aromatic heterocycles. The van der Waals surface area contributed by atoms with Crippen molar-refractivity contribution in [3.8, 4) is 0 Å². The van der Waals surface area contributed by atoms with Gasteiger partial charge in [-0.25, -0.2) is 9.37 Å². The molecule has 1 aliphatic heterocycles. The lowest BCUT2D eigenvalue weighted by molar-refractivity contribution is -0.384. The summed E-state index contributed by atoms with van der Waals surface area (Å²) in [5, 5.41) is 17.4. The summed E-state index contributed by atoms with van der Waals surface area (Å²) in [4.78, 5) is 20.7. The second-order valence-corrected chi connectivity index (χ2v) is 7.26. The molecule has 0 aliphatic carbocycles. The highest BCUT2D eigenvalue weighted by molar-refractivity contribution is 5.80.